The van der Waals surface area contributed by atoms with Gasteiger partial charge in [-0.05, 0) is 56.0 Å². The Bertz CT molecular complexity index is 1160. The number of aromatic nitrogens is 1. The van der Waals surface area contributed by atoms with Gasteiger partial charge in [0.15, 0.2) is 0 Å². The van der Waals surface area contributed by atoms with Gasteiger partial charge in [-0.15, -0.1) is 0 Å². The summed E-state index contributed by atoms with van der Waals surface area (Å²) in [6.07, 6.45) is 2.76. The van der Waals surface area contributed by atoms with E-state index in [0.717, 1.165) is 18.5 Å². The number of halogens is 1. The number of nitrogens with zero attached hydrogens (tertiary/aromatic N) is 2. The van der Waals surface area contributed by atoms with Gasteiger partial charge in [0, 0.05) is 37.9 Å². The largest absolute Gasteiger partial charge is 0.352 e. The molecule has 0 spiro atoms. The second kappa shape index (κ2) is 9.20. The Morgan fingerprint density at radius 1 is 1.17 bits per heavy atom. The van der Waals surface area contributed by atoms with Crippen LogP contribution in [-0.2, 0) is 16.6 Å². The SMILES string of the molecule is CC(C)N(C)S(=O)(=O)c1ccc(Cl)c(C(=O)NCCCn2ccc3ccccc32)c1. The van der Waals surface area contributed by atoms with Crippen molar-refractivity contribution in [2.75, 3.05) is 13.6 Å². The maximum absolute atomic E-state index is 12.7. The van der Waals surface area contributed by atoms with Gasteiger partial charge in [-0.1, -0.05) is 29.8 Å². The first kappa shape index (κ1) is 22.3. The number of para-hydroxylation sites is 1. The summed E-state index contributed by atoms with van der Waals surface area (Å²) < 4.78 is 28.8. The van der Waals surface area contributed by atoms with Crippen molar-refractivity contribution >= 4 is 38.4 Å². The quantitative estimate of drug-likeness (QED) is 0.527. The number of aryl methyl sites for hydroxylation is 1. The highest BCUT2D eigenvalue weighted by atomic mass is 35.5. The Labute approximate surface area is 182 Å². The first-order valence-corrected chi connectivity index (χ1v) is 11.6. The Hall–Kier alpha value is -2.35. The summed E-state index contributed by atoms with van der Waals surface area (Å²) in [6, 6.07) is 14.2. The molecule has 0 aliphatic carbocycles. The van der Waals surface area contributed by atoms with E-state index in [9.17, 15) is 13.2 Å². The Morgan fingerprint density at radius 3 is 2.63 bits per heavy atom. The lowest BCUT2D eigenvalue weighted by Crippen LogP contribution is -2.33. The molecule has 0 radical (unpaired) electrons. The minimum absolute atomic E-state index is 0.0482. The minimum atomic E-state index is -3.70. The van der Waals surface area contributed by atoms with Gasteiger partial charge in [-0.3, -0.25) is 4.79 Å². The Balaban J connectivity index is 1.65. The molecule has 6 nitrogen and oxygen atoms in total. The summed E-state index contributed by atoms with van der Waals surface area (Å²) >= 11 is 6.17. The van der Waals surface area contributed by atoms with Crippen LogP contribution in [0.2, 0.25) is 5.02 Å². The predicted octanol–water partition coefficient (Wildman–Crippen LogP) is 4.14. The van der Waals surface area contributed by atoms with Crippen LogP contribution in [0.15, 0.2) is 59.6 Å². The molecule has 3 aromatic rings. The van der Waals surface area contributed by atoms with Crippen LogP contribution in [0.25, 0.3) is 10.9 Å². The van der Waals surface area contributed by atoms with Crippen molar-refractivity contribution in [1.29, 1.82) is 0 Å². The molecule has 0 saturated heterocycles. The van der Waals surface area contributed by atoms with E-state index in [2.05, 4.69) is 28.1 Å². The number of amides is 1. The maximum atomic E-state index is 12.7. The molecule has 2 aromatic carbocycles. The third kappa shape index (κ3) is 4.69. The average Bonchev–Trinajstić information content (AvgIpc) is 3.13. The monoisotopic (exact) mass is 447 g/mol. The Morgan fingerprint density at radius 2 is 1.90 bits per heavy atom. The molecule has 0 atom stereocenters. The number of hydrogen-bond acceptors (Lipinski definition) is 3. The molecule has 30 heavy (non-hydrogen) atoms. The third-order valence-corrected chi connectivity index (χ3v) is 7.49. The van der Waals surface area contributed by atoms with E-state index in [-0.39, 0.29) is 27.4 Å². The van der Waals surface area contributed by atoms with E-state index in [0.29, 0.717) is 6.54 Å². The summed E-state index contributed by atoms with van der Waals surface area (Å²) in [5, 5.41) is 4.23. The number of fused-ring (bicyclic) bond motifs is 1. The molecule has 1 heterocycles. The summed E-state index contributed by atoms with van der Waals surface area (Å²) in [5.74, 6) is -0.387. The first-order chi connectivity index (χ1) is 14.2. The number of nitrogens with one attached hydrogen (secondary N) is 1. The second-order valence-electron chi connectivity index (χ2n) is 7.43. The molecule has 1 amide bonds. The summed E-state index contributed by atoms with van der Waals surface area (Å²) in [5.41, 5.74) is 1.31. The van der Waals surface area contributed by atoms with Crippen molar-refractivity contribution in [2.24, 2.45) is 0 Å². The fourth-order valence-corrected chi connectivity index (χ4v) is 4.76. The van der Waals surface area contributed by atoms with Gasteiger partial charge in [-0.2, -0.15) is 4.31 Å². The van der Waals surface area contributed by atoms with Gasteiger partial charge in [0.05, 0.1) is 15.5 Å². The highest BCUT2D eigenvalue weighted by Crippen LogP contribution is 2.23. The van der Waals surface area contributed by atoms with Crippen LogP contribution in [0.1, 0.15) is 30.6 Å². The third-order valence-electron chi connectivity index (χ3n) is 5.13. The Kier molecular flexibility index (Phi) is 6.85. The fraction of sp³-hybridized carbons (Fsp3) is 0.318. The predicted molar refractivity (Wildman–Crippen MR) is 120 cm³/mol. The van der Waals surface area contributed by atoms with Crippen molar-refractivity contribution in [3.8, 4) is 0 Å². The van der Waals surface area contributed by atoms with Crippen molar-refractivity contribution < 1.29 is 13.2 Å². The minimum Gasteiger partial charge on any atom is -0.352 e. The standard InChI is InChI=1S/C22H26ClN3O3S/c1-16(2)25(3)30(28,29)18-9-10-20(23)19(15-18)22(27)24-12-6-13-26-14-11-17-7-4-5-8-21(17)26/h4-5,7-11,14-16H,6,12-13H2,1-3H3,(H,24,27). The molecule has 0 saturated carbocycles. The van der Waals surface area contributed by atoms with Crippen LogP contribution in [0.5, 0.6) is 0 Å². The van der Waals surface area contributed by atoms with Crippen molar-refractivity contribution in [1.82, 2.24) is 14.2 Å². The number of carbonyl (C=O) groups is 1. The van der Waals surface area contributed by atoms with E-state index < -0.39 is 10.0 Å². The van der Waals surface area contributed by atoms with Crippen molar-refractivity contribution in [3.63, 3.8) is 0 Å². The highest BCUT2D eigenvalue weighted by Gasteiger charge is 2.25. The first-order valence-electron chi connectivity index (χ1n) is 9.81. The number of hydrogen-bond donors (Lipinski definition) is 1. The lowest BCUT2D eigenvalue weighted by molar-refractivity contribution is 0.0952. The van der Waals surface area contributed by atoms with E-state index in [4.69, 9.17) is 11.6 Å². The van der Waals surface area contributed by atoms with Crippen LogP contribution in [-0.4, -0.2) is 42.8 Å². The number of rotatable bonds is 8. The molecule has 160 valence electrons. The number of benzene rings is 2. The zero-order valence-corrected chi connectivity index (χ0v) is 18.9. The molecule has 0 unspecified atom stereocenters. The lowest BCUT2D eigenvalue weighted by atomic mass is 10.2. The van der Waals surface area contributed by atoms with Crippen LogP contribution in [0.4, 0.5) is 0 Å². The average molecular weight is 448 g/mol. The van der Waals surface area contributed by atoms with Crippen molar-refractivity contribution in [3.05, 3.63) is 65.3 Å². The van der Waals surface area contributed by atoms with E-state index in [1.54, 1.807) is 13.8 Å². The smallest absolute Gasteiger partial charge is 0.252 e. The molecule has 0 aliphatic heterocycles. The normalized spacial score (nSPS) is 12.1. The van der Waals surface area contributed by atoms with Gasteiger partial charge in [0.1, 0.15) is 0 Å². The van der Waals surface area contributed by atoms with Crippen LogP contribution < -0.4 is 5.32 Å². The highest BCUT2D eigenvalue weighted by molar-refractivity contribution is 7.89. The second-order valence-corrected chi connectivity index (χ2v) is 9.84. The molecule has 1 N–H and O–H groups in total. The molecule has 8 heteroatoms. The number of carbonyl (C=O) groups excluding carboxylic acids is 1. The molecular formula is C22H26ClN3O3S. The lowest BCUT2D eigenvalue weighted by Gasteiger charge is -2.21. The van der Waals surface area contributed by atoms with Gasteiger partial charge in [0.25, 0.3) is 5.91 Å². The maximum Gasteiger partial charge on any atom is 0.252 e. The van der Waals surface area contributed by atoms with Gasteiger partial charge < -0.3 is 9.88 Å². The summed E-state index contributed by atoms with van der Waals surface area (Å²) in [6.45, 7) is 4.78. The molecule has 0 fully saturated rings. The van der Waals surface area contributed by atoms with Gasteiger partial charge >= 0.3 is 0 Å². The van der Waals surface area contributed by atoms with E-state index in [1.165, 1.54) is 34.9 Å². The fourth-order valence-electron chi connectivity index (χ4n) is 3.16. The van der Waals surface area contributed by atoms with Gasteiger partial charge in [-0.25, -0.2) is 8.42 Å². The molecule has 1 aromatic heterocycles. The molecule has 3 rings (SSSR count). The zero-order chi connectivity index (χ0) is 21.9. The van der Waals surface area contributed by atoms with Crippen LogP contribution in [0.3, 0.4) is 0 Å². The van der Waals surface area contributed by atoms with Crippen LogP contribution >= 0.6 is 11.6 Å². The molecule has 0 bridgehead atoms. The van der Waals surface area contributed by atoms with Crippen molar-refractivity contribution in [2.45, 2.75) is 37.8 Å². The number of sulfonamides is 1. The van der Waals surface area contributed by atoms with Gasteiger partial charge in [0.2, 0.25) is 10.0 Å². The van der Waals surface area contributed by atoms with E-state index in [1.807, 2.05) is 18.3 Å². The van der Waals surface area contributed by atoms with E-state index >= 15 is 0 Å². The summed E-state index contributed by atoms with van der Waals surface area (Å²) in [4.78, 5) is 12.7. The molecule has 0 aliphatic rings. The summed E-state index contributed by atoms with van der Waals surface area (Å²) in [7, 11) is -2.18. The van der Waals surface area contributed by atoms with Crippen LogP contribution in [0, 0.1) is 0 Å². The molecular weight excluding hydrogens is 422 g/mol. The topological polar surface area (TPSA) is 71.4 Å². The zero-order valence-electron chi connectivity index (χ0n) is 17.3.